The molecule has 0 radical (unpaired) electrons. The molecule has 0 unspecified atom stereocenters. The number of esters is 2. The molecule has 0 amide bonds. The van der Waals surface area contributed by atoms with Crippen molar-refractivity contribution < 1.29 is 59.6 Å². The Bertz CT molecular complexity index is 2020. The summed E-state index contributed by atoms with van der Waals surface area (Å²) in [5.74, 6) is -0.0228. The monoisotopic (exact) mass is 874 g/mol. The summed E-state index contributed by atoms with van der Waals surface area (Å²) in [5.41, 5.74) is 8.29. The molecule has 6 rings (SSSR count). The molecule has 1 N–H and O–H groups in total. The van der Waals surface area contributed by atoms with Crippen molar-refractivity contribution in [3.05, 3.63) is 93.6 Å². The third-order valence-corrected chi connectivity index (χ3v) is 12.3. The van der Waals surface area contributed by atoms with Gasteiger partial charge in [0.05, 0.1) is 24.3 Å². The molecular weight excluding hydrogens is 820 g/mol. The number of carbonyl (C=O) groups is 4. The number of alkyl halides is 1. The second-order valence-corrected chi connectivity index (χ2v) is 18.4. The second kappa shape index (κ2) is 20.9. The van der Waals surface area contributed by atoms with Crippen LogP contribution < -0.4 is 29.6 Å². The van der Waals surface area contributed by atoms with E-state index < -0.39 is 0 Å². The Morgan fingerprint density at radius 2 is 1.20 bits per heavy atom. The molecule has 8 nitrogen and oxygen atoms in total. The minimum Gasteiger partial charge on any atom is -1.00 e. The number of rotatable bonds is 9. The summed E-state index contributed by atoms with van der Waals surface area (Å²) in [6.07, 6.45) is 2.90. The maximum absolute atomic E-state index is 13.0. The Kier molecular flexibility index (Phi) is 17.9. The number of aromatic amines is 1. The molecule has 2 aromatic carbocycles. The molecule has 0 saturated heterocycles. The Morgan fingerprint density at radius 1 is 0.732 bits per heavy atom. The van der Waals surface area contributed by atoms with Crippen LogP contribution in [0.15, 0.2) is 68.1 Å². The average molecular weight is 876 g/mol. The molecule has 0 fully saturated rings. The molecule has 2 aliphatic carbocycles. The molecule has 0 spiro atoms. The van der Waals surface area contributed by atoms with Crippen molar-refractivity contribution in [1.82, 2.24) is 9.55 Å². The topological polar surface area (TPSA) is 107 Å². The molecule has 2 heterocycles. The zero-order valence-electron chi connectivity index (χ0n) is 35.9. The third-order valence-electron chi connectivity index (χ3n) is 9.41. The average Bonchev–Trinajstić information content (AvgIpc) is 3.54. The van der Waals surface area contributed by atoms with Gasteiger partial charge in [-0.2, -0.15) is 0 Å². The quantitative estimate of drug-likeness (QED) is 0.103. The molecular formula is C44H56BrN2NaO6S2. The predicted molar refractivity (Wildman–Crippen MR) is 226 cm³/mol. The van der Waals surface area contributed by atoms with E-state index in [0.29, 0.717) is 31.4 Å². The summed E-state index contributed by atoms with van der Waals surface area (Å²) in [6, 6.07) is 16.8. The van der Waals surface area contributed by atoms with Gasteiger partial charge in [-0.15, -0.1) is 0 Å². The standard InChI is InChI=1S/C22H27NO3S.C18H21NOS.C4H7BrO2.Na.H/c1-6-26-19(25)13-23-15(3)21(27-16-9-7-14(2)8-10-16)20-17(23)11-22(4,5)12-18(20)24;1-11-5-7-13(8-6-11)21-17-12(2)19-14-9-18(3,4)10-15(20)16(14)17;1-2-7-4(6)3-5;;/h7-10H,6,11-13H2,1-5H3;5-8,19H,9-10H2,1-4H3;2-3H2,1H3;;/q;;;+1;-1. The van der Waals surface area contributed by atoms with Crippen LogP contribution in [0.5, 0.6) is 0 Å². The van der Waals surface area contributed by atoms with Crippen molar-refractivity contribution in [2.24, 2.45) is 10.8 Å². The van der Waals surface area contributed by atoms with Crippen LogP contribution in [0, 0.1) is 38.5 Å². The molecule has 298 valence electrons. The number of aryl methyl sites for hydroxylation is 3. The molecule has 0 saturated carbocycles. The largest absolute Gasteiger partial charge is 1.00 e. The fourth-order valence-electron chi connectivity index (χ4n) is 6.89. The Balaban J connectivity index is 0.000000334. The number of Topliss-reactive ketones (excluding diaryl/α,β-unsaturated/α-hetero) is 2. The first kappa shape index (κ1) is 47.8. The van der Waals surface area contributed by atoms with Crippen molar-refractivity contribution in [1.29, 1.82) is 0 Å². The van der Waals surface area contributed by atoms with Gasteiger partial charge in [0.1, 0.15) is 11.9 Å². The summed E-state index contributed by atoms with van der Waals surface area (Å²) in [6.45, 7) is 21.3. The molecule has 56 heavy (non-hydrogen) atoms. The number of aromatic nitrogens is 2. The van der Waals surface area contributed by atoms with Crippen LogP contribution in [0.3, 0.4) is 0 Å². The molecule has 0 bridgehead atoms. The van der Waals surface area contributed by atoms with Gasteiger partial charge >= 0.3 is 41.5 Å². The maximum atomic E-state index is 13.0. The summed E-state index contributed by atoms with van der Waals surface area (Å²) >= 11 is 6.25. The number of benzene rings is 2. The SMILES string of the molecule is CCOC(=O)CBr.CCOC(=O)Cn1c(C)c(Sc2ccc(C)cc2)c2c1CC(C)(C)CC2=O.Cc1ccc(Sc2c(C)[nH]c3c2C(=O)CC(C)(C)C3)cc1.[H-].[Na+]. The number of halogens is 1. The fraction of sp³-hybridized carbons (Fsp3) is 0.455. The van der Waals surface area contributed by atoms with Crippen LogP contribution >= 0.6 is 39.5 Å². The number of ketones is 2. The van der Waals surface area contributed by atoms with Gasteiger partial charge in [0.25, 0.3) is 0 Å². The zero-order valence-corrected chi connectivity index (χ0v) is 40.1. The summed E-state index contributed by atoms with van der Waals surface area (Å²) in [5, 5.41) is 0.292. The van der Waals surface area contributed by atoms with E-state index in [4.69, 9.17) is 4.74 Å². The zero-order chi connectivity index (χ0) is 40.7. The van der Waals surface area contributed by atoms with E-state index >= 15 is 0 Å². The van der Waals surface area contributed by atoms with Crippen molar-refractivity contribution in [3.63, 3.8) is 0 Å². The number of carbonyl (C=O) groups excluding carboxylic acids is 4. The minimum absolute atomic E-state index is 0. The van der Waals surface area contributed by atoms with Crippen LogP contribution in [0.2, 0.25) is 0 Å². The van der Waals surface area contributed by atoms with Crippen molar-refractivity contribution in [2.45, 2.75) is 121 Å². The van der Waals surface area contributed by atoms with Crippen LogP contribution in [0.25, 0.3) is 0 Å². The van der Waals surface area contributed by atoms with Crippen molar-refractivity contribution in [2.75, 3.05) is 18.5 Å². The minimum atomic E-state index is -0.263. The number of H-pyrrole nitrogens is 1. The number of nitrogens with zero attached hydrogens (tertiary/aromatic N) is 1. The first-order valence-corrected chi connectivity index (χ1v) is 21.5. The Labute approximate surface area is 373 Å². The molecule has 0 atom stereocenters. The van der Waals surface area contributed by atoms with Crippen molar-refractivity contribution >= 4 is 63.0 Å². The van der Waals surface area contributed by atoms with E-state index in [0.717, 1.165) is 61.4 Å². The first-order valence-electron chi connectivity index (χ1n) is 18.7. The molecule has 0 aliphatic heterocycles. The van der Waals surface area contributed by atoms with E-state index in [9.17, 15) is 19.2 Å². The van der Waals surface area contributed by atoms with Gasteiger partial charge in [0.2, 0.25) is 0 Å². The van der Waals surface area contributed by atoms with Gasteiger partial charge in [0, 0.05) is 55.2 Å². The van der Waals surface area contributed by atoms with Crippen LogP contribution in [0.1, 0.15) is 110 Å². The van der Waals surface area contributed by atoms with Gasteiger partial charge in [-0.05, 0) is 89.5 Å². The Morgan fingerprint density at radius 3 is 1.68 bits per heavy atom. The predicted octanol–water partition coefficient (Wildman–Crippen LogP) is 7.97. The van der Waals surface area contributed by atoms with E-state index in [1.807, 2.05) is 11.5 Å². The number of fused-ring (bicyclic) bond motifs is 2. The van der Waals surface area contributed by atoms with Gasteiger partial charge in [-0.3, -0.25) is 19.2 Å². The molecule has 2 aliphatic rings. The van der Waals surface area contributed by atoms with Gasteiger partial charge < -0.3 is 20.5 Å². The van der Waals surface area contributed by atoms with Crippen LogP contribution in [0.4, 0.5) is 0 Å². The summed E-state index contributed by atoms with van der Waals surface area (Å²) < 4.78 is 11.7. The fourth-order valence-corrected chi connectivity index (χ4v) is 9.21. The third kappa shape index (κ3) is 12.7. The second-order valence-electron chi connectivity index (χ2n) is 15.7. The normalized spacial score (nSPS) is 14.8. The number of hydrogen-bond acceptors (Lipinski definition) is 8. The van der Waals surface area contributed by atoms with E-state index in [1.165, 1.54) is 16.0 Å². The van der Waals surface area contributed by atoms with E-state index in [1.54, 1.807) is 37.4 Å². The van der Waals surface area contributed by atoms with Crippen molar-refractivity contribution in [3.8, 4) is 0 Å². The number of ether oxygens (including phenoxy) is 2. The van der Waals surface area contributed by atoms with Gasteiger partial charge in [-0.1, -0.05) is 103 Å². The van der Waals surface area contributed by atoms with E-state index in [2.05, 4.69) is 123 Å². The molecule has 2 aromatic heterocycles. The summed E-state index contributed by atoms with van der Waals surface area (Å²) in [7, 11) is 0. The maximum Gasteiger partial charge on any atom is 1.00 e. The van der Waals surface area contributed by atoms with Gasteiger partial charge in [0.15, 0.2) is 11.6 Å². The molecule has 4 aromatic rings. The summed E-state index contributed by atoms with van der Waals surface area (Å²) in [4.78, 5) is 55.6. The first-order chi connectivity index (χ1) is 25.9. The van der Waals surface area contributed by atoms with Crippen LogP contribution in [-0.4, -0.2) is 51.6 Å². The Hall–Kier alpha value is -2.54. The van der Waals surface area contributed by atoms with Gasteiger partial charge in [-0.25, -0.2) is 0 Å². The number of hydrogen-bond donors (Lipinski definition) is 1. The molecule has 12 heteroatoms. The number of nitrogens with one attached hydrogen (secondary N) is 1. The van der Waals surface area contributed by atoms with E-state index in [-0.39, 0.29) is 71.9 Å². The van der Waals surface area contributed by atoms with Crippen LogP contribution in [-0.2, 0) is 38.4 Å². The smallest absolute Gasteiger partial charge is 1.00 e.